The van der Waals surface area contributed by atoms with Gasteiger partial charge in [0.15, 0.2) is 0 Å². The summed E-state index contributed by atoms with van der Waals surface area (Å²) in [5, 5.41) is 18.2. The maximum Gasteiger partial charge on any atom is 0.295 e. The molecular weight excluding hydrogens is 254 g/mol. The van der Waals surface area contributed by atoms with E-state index < -0.39 is 5.91 Å². The minimum atomic E-state index is -0.397. The van der Waals surface area contributed by atoms with Gasteiger partial charge in [0.2, 0.25) is 5.82 Å². The molecule has 2 aromatic rings. The van der Waals surface area contributed by atoms with Crippen molar-refractivity contribution in [2.24, 2.45) is 0 Å². The number of H-pyrrole nitrogens is 1. The molecule has 6 nitrogen and oxygen atoms in total. The molecule has 20 heavy (non-hydrogen) atoms. The van der Waals surface area contributed by atoms with Crippen LogP contribution in [0.5, 0.6) is 0 Å². The number of amides is 1. The zero-order valence-corrected chi connectivity index (χ0v) is 11.6. The number of anilines is 1. The second kappa shape index (κ2) is 5.53. The molecule has 0 radical (unpaired) electrons. The number of hydrogen-bond acceptors (Lipinski definition) is 4. The number of nitrogens with one attached hydrogen (secondary N) is 2. The fourth-order valence-corrected chi connectivity index (χ4v) is 1.64. The molecule has 0 saturated heterocycles. The predicted octanol–water partition coefficient (Wildman–Crippen LogP) is 2.36. The van der Waals surface area contributed by atoms with Gasteiger partial charge in [-0.1, -0.05) is 19.9 Å². The normalized spacial score (nSPS) is 10.3. The predicted molar refractivity (Wildman–Crippen MR) is 74.3 cm³/mol. The molecule has 1 aromatic carbocycles. The molecule has 0 aliphatic rings. The second-order valence-electron chi connectivity index (χ2n) is 4.79. The Labute approximate surface area is 116 Å². The largest absolute Gasteiger partial charge is 0.319 e. The molecule has 0 aliphatic carbocycles. The molecule has 102 valence electrons. The Morgan fingerprint density at radius 1 is 1.45 bits per heavy atom. The van der Waals surface area contributed by atoms with Gasteiger partial charge in [-0.25, -0.2) is 4.98 Å². The number of nitriles is 1. The van der Waals surface area contributed by atoms with E-state index in [0.29, 0.717) is 17.1 Å². The van der Waals surface area contributed by atoms with Crippen LogP contribution in [-0.2, 0) is 0 Å². The number of benzene rings is 1. The molecule has 1 heterocycles. The molecule has 0 bridgehead atoms. The lowest BCUT2D eigenvalue weighted by atomic mass is 10.1. The highest BCUT2D eigenvalue weighted by Gasteiger charge is 2.15. The summed E-state index contributed by atoms with van der Waals surface area (Å²) in [6.45, 7) is 5.78. The Balaban J connectivity index is 2.21. The van der Waals surface area contributed by atoms with Crippen molar-refractivity contribution in [1.29, 1.82) is 5.26 Å². The van der Waals surface area contributed by atoms with E-state index in [2.05, 4.69) is 20.5 Å². The highest BCUT2D eigenvalue weighted by molar-refractivity contribution is 6.02. The third kappa shape index (κ3) is 2.83. The van der Waals surface area contributed by atoms with Gasteiger partial charge in [0, 0.05) is 11.6 Å². The van der Waals surface area contributed by atoms with Crippen LogP contribution in [0.1, 0.15) is 47.3 Å². The summed E-state index contributed by atoms with van der Waals surface area (Å²) in [7, 11) is 0. The lowest BCUT2D eigenvalue weighted by molar-refractivity contribution is 0.101. The monoisotopic (exact) mass is 269 g/mol. The van der Waals surface area contributed by atoms with Crippen LogP contribution in [-0.4, -0.2) is 21.1 Å². The van der Waals surface area contributed by atoms with E-state index in [0.717, 1.165) is 5.56 Å². The van der Waals surface area contributed by atoms with Crippen LogP contribution in [0.25, 0.3) is 0 Å². The van der Waals surface area contributed by atoms with Crippen molar-refractivity contribution < 1.29 is 4.79 Å². The highest BCUT2D eigenvalue weighted by Crippen LogP contribution is 2.17. The van der Waals surface area contributed by atoms with Crippen LogP contribution < -0.4 is 5.32 Å². The third-order valence-electron chi connectivity index (χ3n) is 2.87. The maximum absolute atomic E-state index is 12.1. The van der Waals surface area contributed by atoms with E-state index in [-0.39, 0.29) is 11.7 Å². The number of aromatic amines is 1. The molecule has 2 rings (SSSR count). The molecule has 0 saturated carbocycles. The van der Waals surface area contributed by atoms with Gasteiger partial charge in [-0.3, -0.25) is 9.89 Å². The van der Waals surface area contributed by atoms with E-state index in [9.17, 15) is 4.79 Å². The van der Waals surface area contributed by atoms with Gasteiger partial charge < -0.3 is 5.32 Å². The first-order valence-corrected chi connectivity index (χ1v) is 6.25. The lowest BCUT2D eigenvalue weighted by Crippen LogP contribution is -2.14. The van der Waals surface area contributed by atoms with Crippen LogP contribution in [0, 0.1) is 18.3 Å². The summed E-state index contributed by atoms with van der Waals surface area (Å²) >= 11 is 0. The summed E-state index contributed by atoms with van der Waals surface area (Å²) in [6.07, 6.45) is 0. The fourth-order valence-electron chi connectivity index (χ4n) is 1.64. The quantitative estimate of drug-likeness (QED) is 0.894. The Bertz CT molecular complexity index is 681. The highest BCUT2D eigenvalue weighted by atomic mass is 16.2. The smallest absolute Gasteiger partial charge is 0.295 e. The van der Waals surface area contributed by atoms with Crippen molar-refractivity contribution >= 4 is 11.6 Å². The number of carbonyl (C=O) groups excluding carboxylic acids is 1. The number of nitrogens with zero attached hydrogens (tertiary/aromatic N) is 3. The summed E-state index contributed by atoms with van der Waals surface area (Å²) in [4.78, 5) is 16.2. The Kier molecular flexibility index (Phi) is 3.80. The van der Waals surface area contributed by atoms with Gasteiger partial charge in [-0.15, -0.1) is 5.10 Å². The van der Waals surface area contributed by atoms with E-state index in [4.69, 9.17) is 5.26 Å². The van der Waals surface area contributed by atoms with E-state index in [1.807, 2.05) is 26.8 Å². The van der Waals surface area contributed by atoms with Gasteiger partial charge >= 0.3 is 0 Å². The minimum absolute atomic E-state index is 0.0930. The van der Waals surface area contributed by atoms with Gasteiger partial charge in [-0.2, -0.15) is 5.26 Å². The molecule has 0 unspecified atom stereocenters. The summed E-state index contributed by atoms with van der Waals surface area (Å²) < 4.78 is 0. The summed E-state index contributed by atoms with van der Waals surface area (Å²) in [5.74, 6) is 0.534. The standard InChI is InChI=1S/C14H15N5O/c1-8(2)12-17-13(19-18-12)14(20)16-11-6-10(7-15)5-4-9(11)3/h4-6,8H,1-3H3,(H,16,20)(H,17,18,19). The van der Waals surface area contributed by atoms with Gasteiger partial charge in [-0.05, 0) is 24.6 Å². The molecule has 1 amide bonds. The first-order chi connectivity index (χ1) is 9.51. The fraction of sp³-hybridized carbons (Fsp3) is 0.286. The van der Waals surface area contributed by atoms with Crippen molar-refractivity contribution in [3.05, 3.63) is 41.0 Å². The maximum atomic E-state index is 12.1. The first-order valence-electron chi connectivity index (χ1n) is 6.25. The van der Waals surface area contributed by atoms with E-state index >= 15 is 0 Å². The van der Waals surface area contributed by atoms with Crippen molar-refractivity contribution in [3.63, 3.8) is 0 Å². The van der Waals surface area contributed by atoms with E-state index in [1.165, 1.54) is 0 Å². The number of aromatic nitrogens is 3. The molecule has 0 atom stereocenters. The van der Waals surface area contributed by atoms with Crippen molar-refractivity contribution in [2.45, 2.75) is 26.7 Å². The van der Waals surface area contributed by atoms with Gasteiger partial charge in [0.25, 0.3) is 5.91 Å². The molecule has 2 N–H and O–H groups in total. The number of rotatable bonds is 3. The molecule has 1 aromatic heterocycles. The van der Waals surface area contributed by atoms with Crippen LogP contribution >= 0.6 is 0 Å². The summed E-state index contributed by atoms with van der Waals surface area (Å²) in [6, 6.07) is 7.15. The SMILES string of the molecule is Cc1ccc(C#N)cc1NC(=O)c1n[nH]c(C(C)C)n1. The average Bonchev–Trinajstić information content (AvgIpc) is 2.91. The molecule has 0 aliphatic heterocycles. The lowest BCUT2D eigenvalue weighted by Gasteiger charge is -2.06. The van der Waals surface area contributed by atoms with Crippen molar-refractivity contribution in [1.82, 2.24) is 15.2 Å². The second-order valence-corrected chi connectivity index (χ2v) is 4.79. The van der Waals surface area contributed by atoms with Crippen LogP contribution in [0.2, 0.25) is 0 Å². The Hall–Kier alpha value is -2.68. The van der Waals surface area contributed by atoms with Gasteiger partial charge in [0.05, 0.1) is 11.6 Å². The molecule has 0 spiro atoms. The number of aryl methyl sites for hydroxylation is 1. The third-order valence-corrected chi connectivity index (χ3v) is 2.87. The first kappa shape index (κ1) is 13.7. The zero-order chi connectivity index (χ0) is 14.7. The van der Waals surface area contributed by atoms with Crippen LogP contribution in [0.3, 0.4) is 0 Å². The van der Waals surface area contributed by atoms with E-state index in [1.54, 1.807) is 18.2 Å². The van der Waals surface area contributed by atoms with Crippen LogP contribution in [0.4, 0.5) is 5.69 Å². The van der Waals surface area contributed by atoms with Crippen molar-refractivity contribution in [3.8, 4) is 6.07 Å². The number of hydrogen-bond donors (Lipinski definition) is 2. The molecule has 0 fully saturated rings. The number of carbonyl (C=O) groups is 1. The average molecular weight is 269 g/mol. The van der Waals surface area contributed by atoms with Crippen molar-refractivity contribution in [2.75, 3.05) is 5.32 Å². The summed E-state index contributed by atoms with van der Waals surface area (Å²) in [5.41, 5.74) is 1.95. The Morgan fingerprint density at radius 3 is 2.80 bits per heavy atom. The zero-order valence-electron chi connectivity index (χ0n) is 11.6. The topological polar surface area (TPSA) is 94.5 Å². The molecular formula is C14H15N5O. The van der Waals surface area contributed by atoms with Crippen LogP contribution in [0.15, 0.2) is 18.2 Å². The van der Waals surface area contributed by atoms with Gasteiger partial charge in [0.1, 0.15) is 5.82 Å². The Morgan fingerprint density at radius 2 is 2.20 bits per heavy atom. The minimum Gasteiger partial charge on any atom is -0.319 e. The molecule has 6 heteroatoms.